The molecular weight excluding hydrogens is 648 g/mol. The standard InChI is InChI=1S/C29H44N2O17/c1-11(34)30-18-23(39)20(36)15(8-32)45-27(18)43-10-17-22(38)25(41)26(29(47-17)44-14-6-4-13(42-3)5-7-14)48-28-19(31-12(2)35)24(40)21(37)16(9-33)46-28/h4-7,15-29,32-33,36-41H,8-10H2,1-3H3,(H,30,34)(H,31,35)/t15?,16?,17?,18?,19?,20-,21-,22-,23-,24-,25+,26?,27-,28+,29+/m1/s1. The Morgan fingerprint density at radius 2 is 1.12 bits per heavy atom. The molecule has 1 aromatic carbocycles. The fraction of sp³-hybridized carbons (Fsp3) is 0.724. The van der Waals surface area contributed by atoms with Crippen LogP contribution in [0.5, 0.6) is 11.5 Å². The Balaban J connectivity index is 1.58. The van der Waals surface area contributed by atoms with Crippen LogP contribution < -0.4 is 20.1 Å². The van der Waals surface area contributed by atoms with Crippen molar-refractivity contribution in [1.29, 1.82) is 0 Å². The van der Waals surface area contributed by atoms with Crippen LogP contribution in [0.4, 0.5) is 0 Å². The molecule has 19 heteroatoms. The van der Waals surface area contributed by atoms with E-state index in [-0.39, 0.29) is 5.75 Å². The van der Waals surface area contributed by atoms with Crippen molar-refractivity contribution >= 4 is 11.8 Å². The molecule has 0 radical (unpaired) electrons. The molecule has 19 nitrogen and oxygen atoms in total. The van der Waals surface area contributed by atoms with Crippen molar-refractivity contribution in [2.24, 2.45) is 0 Å². The predicted octanol–water partition coefficient (Wildman–Crippen LogP) is -5.19. The third-order valence-electron chi connectivity index (χ3n) is 8.17. The number of methoxy groups -OCH3 is 1. The average Bonchev–Trinajstić information content (AvgIpc) is 3.06. The summed E-state index contributed by atoms with van der Waals surface area (Å²) < 4.78 is 40.0. The van der Waals surface area contributed by atoms with Crippen LogP contribution in [-0.4, -0.2) is 172 Å². The van der Waals surface area contributed by atoms with Crippen LogP contribution in [0.3, 0.4) is 0 Å². The third kappa shape index (κ3) is 8.69. The zero-order chi connectivity index (χ0) is 35.3. The lowest BCUT2D eigenvalue weighted by atomic mass is 9.95. The molecule has 10 N–H and O–H groups in total. The van der Waals surface area contributed by atoms with E-state index in [0.717, 1.165) is 13.8 Å². The van der Waals surface area contributed by atoms with Crippen molar-refractivity contribution in [1.82, 2.24) is 10.6 Å². The maximum atomic E-state index is 11.9. The number of nitrogens with one attached hydrogen (secondary N) is 2. The summed E-state index contributed by atoms with van der Waals surface area (Å²) in [6.07, 6.45) is -20.3. The van der Waals surface area contributed by atoms with E-state index in [1.165, 1.54) is 19.2 Å². The summed E-state index contributed by atoms with van der Waals surface area (Å²) in [5.41, 5.74) is 0. The van der Waals surface area contributed by atoms with E-state index >= 15 is 0 Å². The van der Waals surface area contributed by atoms with Crippen LogP contribution in [0.1, 0.15) is 13.8 Å². The molecule has 2 amide bonds. The van der Waals surface area contributed by atoms with Gasteiger partial charge in [0.05, 0.1) is 26.9 Å². The third-order valence-corrected chi connectivity index (χ3v) is 8.17. The molecule has 0 saturated carbocycles. The summed E-state index contributed by atoms with van der Waals surface area (Å²) >= 11 is 0. The number of aliphatic hydroxyl groups is 8. The van der Waals surface area contributed by atoms with Gasteiger partial charge in [-0.15, -0.1) is 0 Å². The fourth-order valence-corrected chi connectivity index (χ4v) is 5.62. The first-order chi connectivity index (χ1) is 22.8. The lowest BCUT2D eigenvalue weighted by molar-refractivity contribution is -0.348. The Kier molecular flexibility index (Phi) is 13.3. The normalized spacial score (nSPS) is 40.1. The molecule has 3 fully saturated rings. The van der Waals surface area contributed by atoms with Gasteiger partial charge in [0.2, 0.25) is 18.1 Å². The summed E-state index contributed by atoms with van der Waals surface area (Å²) in [5.74, 6) is -0.536. The van der Waals surface area contributed by atoms with Crippen molar-refractivity contribution in [2.45, 2.75) is 106 Å². The molecule has 48 heavy (non-hydrogen) atoms. The van der Waals surface area contributed by atoms with E-state index < -0.39 is 124 Å². The molecular formula is C29H44N2O17. The van der Waals surface area contributed by atoms with Gasteiger partial charge in [-0.1, -0.05) is 0 Å². The Morgan fingerprint density at radius 1 is 0.667 bits per heavy atom. The molecule has 1 aromatic rings. The van der Waals surface area contributed by atoms with Crippen molar-refractivity contribution < 1.29 is 83.6 Å². The number of rotatable bonds is 12. The first kappa shape index (κ1) is 38.0. The minimum Gasteiger partial charge on any atom is -0.497 e. The topological polar surface area (TPSA) is 285 Å². The molecule has 0 aliphatic carbocycles. The van der Waals surface area contributed by atoms with Crippen LogP contribution in [0.15, 0.2) is 24.3 Å². The highest BCUT2D eigenvalue weighted by Crippen LogP contribution is 2.32. The Labute approximate surface area is 274 Å². The Hall–Kier alpha value is -2.76. The fourth-order valence-electron chi connectivity index (χ4n) is 5.62. The Morgan fingerprint density at radius 3 is 1.62 bits per heavy atom. The van der Waals surface area contributed by atoms with Crippen LogP contribution in [0.25, 0.3) is 0 Å². The van der Waals surface area contributed by atoms with Gasteiger partial charge in [-0.25, -0.2) is 0 Å². The first-order valence-electron chi connectivity index (χ1n) is 15.2. The number of amides is 2. The van der Waals surface area contributed by atoms with Gasteiger partial charge in [-0.2, -0.15) is 0 Å². The van der Waals surface area contributed by atoms with Crippen LogP contribution in [-0.2, 0) is 33.3 Å². The van der Waals surface area contributed by atoms with Gasteiger partial charge in [0.15, 0.2) is 18.7 Å². The predicted molar refractivity (Wildman–Crippen MR) is 156 cm³/mol. The largest absolute Gasteiger partial charge is 0.497 e. The number of carbonyl (C=O) groups is 2. The lowest BCUT2D eigenvalue weighted by Crippen LogP contribution is -2.68. The van der Waals surface area contributed by atoms with Crippen molar-refractivity contribution in [3.8, 4) is 11.5 Å². The van der Waals surface area contributed by atoms with Crippen LogP contribution in [0.2, 0.25) is 0 Å². The first-order valence-corrected chi connectivity index (χ1v) is 15.2. The van der Waals surface area contributed by atoms with Gasteiger partial charge in [0, 0.05) is 13.8 Å². The van der Waals surface area contributed by atoms with Gasteiger partial charge in [-0.3, -0.25) is 9.59 Å². The molecule has 6 unspecified atom stereocenters. The van der Waals surface area contributed by atoms with Crippen LogP contribution >= 0.6 is 0 Å². The number of ether oxygens (including phenoxy) is 7. The van der Waals surface area contributed by atoms with E-state index in [1.54, 1.807) is 12.1 Å². The van der Waals surface area contributed by atoms with E-state index in [0.29, 0.717) is 5.75 Å². The zero-order valence-corrected chi connectivity index (χ0v) is 26.3. The molecule has 0 spiro atoms. The molecule has 272 valence electrons. The van der Waals surface area contributed by atoms with Crippen molar-refractivity contribution in [3.63, 3.8) is 0 Å². The van der Waals surface area contributed by atoms with Gasteiger partial charge in [-0.05, 0) is 24.3 Å². The highest BCUT2D eigenvalue weighted by molar-refractivity contribution is 5.73. The van der Waals surface area contributed by atoms with E-state index in [9.17, 15) is 50.4 Å². The zero-order valence-electron chi connectivity index (χ0n) is 26.3. The lowest BCUT2D eigenvalue weighted by Gasteiger charge is -2.47. The van der Waals surface area contributed by atoms with E-state index in [1.807, 2.05) is 0 Å². The molecule has 3 aliphatic rings. The molecule has 15 atom stereocenters. The maximum absolute atomic E-state index is 11.9. The number of aliphatic hydroxyl groups excluding tert-OH is 8. The molecule has 4 rings (SSSR count). The van der Waals surface area contributed by atoms with Gasteiger partial charge >= 0.3 is 0 Å². The SMILES string of the molecule is COc1ccc(O[C@H]2OC(CO[C@@H]3OC(CO)[C@@H](O)[C@H](O)C3NC(C)=O)[C@@H](O)[C@H](O)C2O[C@@H]2OC(CO)[C@@H](O)[C@H](O)C2NC(C)=O)cc1. The van der Waals surface area contributed by atoms with Gasteiger partial charge in [0.1, 0.15) is 78.5 Å². The van der Waals surface area contributed by atoms with Crippen molar-refractivity contribution in [2.75, 3.05) is 26.9 Å². The molecule has 3 heterocycles. The monoisotopic (exact) mass is 692 g/mol. The summed E-state index contributed by atoms with van der Waals surface area (Å²) in [6, 6.07) is 3.46. The summed E-state index contributed by atoms with van der Waals surface area (Å²) in [5, 5.41) is 88.6. The van der Waals surface area contributed by atoms with Gasteiger partial charge in [0.25, 0.3) is 0 Å². The second kappa shape index (κ2) is 16.8. The number of benzene rings is 1. The minimum absolute atomic E-state index is 0.188. The quantitative estimate of drug-likeness (QED) is 0.0980. The highest BCUT2D eigenvalue weighted by Gasteiger charge is 2.53. The molecule has 0 aromatic heterocycles. The van der Waals surface area contributed by atoms with Crippen molar-refractivity contribution in [3.05, 3.63) is 24.3 Å². The second-order valence-corrected chi connectivity index (χ2v) is 11.6. The van der Waals surface area contributed by atoms with E-state index in [4.69, 9.17) is 33.2 Å². The molecule has 3 aliphatic heterocycles. The second-order valence-electron chi connectivity index (χ2n) is 11.6. The average molecular weight is 693 g/mol. The number of hydrogen-bond acceptors (Lipinski definition) is 17. The summed E-state index contributed by atoms with van der Waals surface area (Å²) in [6.45, 7) is 0.310. The highest BCUT2D eigenvalue weighted by atomic mass is 16.8. The smallest absolute Gasteiger partial charge is 0.229 e. The van der Waals surface area contributed by atoms with E-state index in [2.05, 4.69) is 10.6 Å². The number of carbonyl (C=O) groups excluding carboxylic acids is 2. The van der Waals surface area contributed by atoms with Gasteiger partial charge < -0.3 is 84.6 Å². The maximum Gasteiger partial charge on any atom is 0.229 e. The number of hydrogen-bond donors (Lipinski definition) is 10. The molecule has 0 bridgehead atoms. The Bertz CT molecular complexity index is 1190. The molecule has 3 saturated heterocycles. The summed E-state index contributed by atoms with van der Waals surface area (Å²) in [4.78, 5) is 23.7. The minimum atomic E-state index is -1.83. The summed E-state index contributed by atoms with van der Waals surface area (Å²) in [7, 11) is 1.46. The van der Waals surface area contributed by atoms with Crippen LogP contribution in [0, 0.1) is 0 Å².